The number of alkyl halides is 3. The second kappa shape index (κ2) is 6.25. The molecule has 0 atom stereocenters. The van der Waals surface area contributed by atoms with E-state index >= 15 is 0 Å². The molecule has 0 fully saturated rings. The Hall–Kier alpha value is -1.61. The Kier molecular flexibility index (Phi) is 4.76. The maximum Gasteiger partial charge on any atom is 0.471 e. The van der Waals surface area contributed by atoms with Crippen LogP contribution in [0.4, 0.5) is 19.0 Å². The minimum absolute atomic E-state index is 0.0847. The van der Waals surface area contributed by atoms with Gasteiger partial charge >= 0.3 is 12.1 Å². The number of anilines is 1. The van der Waals surface area contributed by atoms with E-state index in [9.17, 15) is 18.0 Å². The third-order valence-electron chi connectivity index (χ3n) is 3.36. The van der Waals surface area contributed by atoms with Gasteiger partial charge in [-0.05, 0) is 11.6 Å². The highest BCUT2D eigenvalue weighted by atomic mass is 35.5. The Morgan fingerprint density at radius 1 is 1.27 bits per heavy atom. The number of fused-ring (bicyclic) bond motifs is 1. The molecule has 0 aromatic carbocycles. The summed E-state index contributed by atoms with van der Waals surface area (Å²) in [6, 6.07) is 0. The predicted molar refractivity (Wildman–Crippen MR) is 74.5 cm³/mol. The monoisotopic (exact) mass is 337 g/mol. The van der Waals surface area contributed by atoms with E-state index in [4.69, 9.17) is 11.6 Å². The molecule has 1 aliphatic heterocycles. The number of carbonyl (C=O) groups excluding carboxylic acids is 1. The van der Waals surface area contributed by atoms with Crippen LogP contribution in [-0.4, -0.2) is 54.1 Å². The molecule has 0 spiro atoms. The summed E-state index contributed by atoms with van der Waals surface area (Å²) in [6.07, 6.45) is -4.86. The average Bonchev–Trinajstić information content (AvgIpc) is 2.89. The van der Waals surface area contributed by atoms with Crippen molar-refractivity contribution in [2.24, 2.45) is 0 Å². The maximum absolute atomic E-state index is 12.3. The molecule has 1 aromatic rings. The van der Waals surface area contributed by atoms with E-state index in [0.29, 0.717) is 23.8 Å². The fourth-order valence-electron chi connectivity index (χ4n) is 2.16. The number of hydrogen-bond acceptors (Lipinski definition) is 5. The molecule has 1 aliphatic rings. The third-order valence-corrected chi connectivity index (χ3v) is 3.53. The molecule has 0 bridgehead atoms. The van der Waals surface area contributed by atoms with Gasteiger partial charge in [0.25, 0.3) is 0 Å². The summed E-state index contributed by atoms with van der Waals surface area (Å²) in [5.41, 5.74) is 1.65. The number of amides is 1. The van der Waals surface area contributed by atoms with Crippen LogP contribution in [0.1, 0.15) is 11.3 Å². The zero-order chi connectivity index (χ0) is 16.5. The largest absolute Gasteiger partial charge is 0.471 e. The van der Waals surface area contributed by atoms with Crippen molar-refractivity contribution >= 4 is 23.3 Å². The Labute approximate surface area is 130 Å². The lowest BCUT2D eigenvalue weighted by atomic mass is 10.2. The SMILES string of the molecule is CN(CCN(C)c1nc(Cl)nc2c1CNC2)C(=O)C(F)(F)F. The summed E-state index contributed by atoms with van der Waals surface area (Å²) < 4.78 is 37.0. The molecule has 0 saturated heterocycles. The van der Waals surface area contributed by atoms with Gasteiger partial charge in [-0.2, -0.15) is 13.2 Å². The van der Waals surface area contributed by atoms with Crippen LogP contribution in [0, 0.1) is 0 Å². The van der Waals surface area contributed by atoms with Gasteiger partial charge in [0.2, 0.25) is 5.28 Å². The molecule has 122 valence electrons. The molecule has 1 amide bonds. The fourth-order valence-corrected chi connectivity index (χ4v) is 2.34. The zero-order valence-corrected chi connectivity index (χ0v) is 12.8. The van der Waals surface area contributed by atoms with E-state index in [1.165, 1.54) is 0 Å². The van der Waals surface area contributed by atoms with E-state index in [0.717, 1.165) is 18.3 Å². The first-order valence-electron chi connectivity index (χ1n) is 6.49. The van der Waals surface area contributed by atoms with Crippen molar-refractivity contribution < 1.29 is 18.0 Å². The number of nitrogens with zero attached hydrogens (tertiary/aromatic N) is 4. The molecule has 2 rings (SSSR count). The first-order chi connectivity index (χ1) is 10.2. The van der Waals surface area contributed by atoms with Crippen molar-refractivity contribution in [1.82, 2.24) is 20.2 Å². The minimum atomic E-state index is -4.86. The second-order valence-corrected chi connectivity index (χ2v) is 5.33. The molecule has 2 heterocycles. The molecule has 0 saturated carbocycles. The van der Waals surface area contributed by atoms with Gasteiger partial charge in [0.15, 0.2) is 0 Å². The number of rotatable bonds is 4. The van der Waals surface area contributed by atoms with Crippen molar-refractivity contribution in [2.45, 2.75) is 19.3 Å². The normalized spacial score (nSPS) is 13.9. The summed E-state index contributed by atoms with van der Waals surface area (Å²) >= 11 is 5.86. The van der Waals surface area contributed by atoms with Gasteiger partial charge in [0, 0.05) is 45.8 Å². The highest BCUT2D eigenvalue weighted by Gasteiger charge is 2.41. The standard InChI is InChI=1S/C12H15ClF3N5O/c1-20(3-4-21(2)10(22)12(14,15)16)9-7-5-17-6-8(7)18-11(13)19-9/h17H,3-6H2,1-2H3. The highest BCUT2D eigenvalue weighted by Crippen LogP contribution is 2.25. The Balaban J connectivity index is 2.05. The average molecular weight is 338 g/mol. The van der Waals surface area contributed by atoms with Crippen LogP contribution < -0.4 is 10.2 Å². The van der Waals surface area contributed by atoms with Crippen LogP contribution in [0.2, 0.25) is 5.28 Å². The molecule has 10 heteroatoms. The molecule has 0 unspecified atom stereocenters. The van der Waals surface area contributed by atoms with Crippen LogP contribution in [-0.2, 0) is 17.9 Å². The third kappa shape index (κ3) is 3.58. The Morgan fingerprint density at radius 2 is 1.95 bits per heavy atom. The Morgan fingerprint density at radius 3 is 2.59 bits per heavy atom. The lowest BCUT2D eigenvalue weighted by Gasteiger charge is -2.25. The van der Waals surface area contributed by atoms with Crippen LogP contribution in [0.25, 0.3) is 0 Å². The van der Waals surface area contributed by atoms with E-state index < -0.39 is 12.1 Å². The van der Waals surface area contributed by atoms with Gasteiger partial charge in [-0.1, -0.05) is 0 Å². The van der Waals surface area contributed by atoms with Gasteiger partial charge in [0.1, 0.15) is 5.82 Å². The minimum Gasteiger partial charge on any atom is -0.357 e. The lowest BCUT2D eigenvalue weighted by Crippen LogP contribution is -2.42. The number of hydrogen-bond donors (Lipinski definition) is 1. The number of likely N-dealkylation sites (N-methyl/N-ethyl adjacent to an activating group) is 2. The lowest BCUT2D eigenvalue weighted by molar-refractivity contribution is -0.183. The van der Waals surface area contributed by atoms with Crippen molar-refractivity contribution in [2.75, 3.05) is 32.1 Å². The molecule has 6 nitrogen and oxygen atoms in total. The first kappa shape index (κ1) is 16.8. The van der Waals surface area contributed by atoms with E-state index in [1.54, 1.807) is 11.9 Å². The van der Waals surface area contributed by atoms with Crippen LogP contribution >= 0.6 is 11.6 Å². The van der Waals surface area contributed by atoms with Gasteiger partial charge in [-0.25, -0.2) is 9.97 Å². The van der Waals surface area contributed by atoms with Gasteiger partial charge in [-0.15, -0.1) is 0 Å². The first-order valence-corrected chi connectivity index (χ1v) is 6.87. The van der Waals surface area contributed by atoms with Gasteiger partial charge < -0.3 is 15.1 Å². The van der Waals surface area contributed by atoms with Crippen molar-refractivity contribution in [3.63, 3.8) is 0 Å². The number of nitrogens with one attached hydrogen (secondary N) is 1. The molecular weight excluding hydrogens is 323 g/mol. The quantitative estimate of drug-likeness (QED) is 0.836. The van der Waals surface area contributed by atoms with Crippen molar-refractivity contribution in [3.05, 3.63) is 16.5 Å². The molecule has 1 aromatic heterocycles. The maximum atomic E-state index is 12.3. The van der Waals surface area contributed by atoms with Crippen molar-refractivity contribution in [1.29, 1.82) is 0 Å². The fraction of sp³-hybridized carbons (Fsp3) is 0.583. The number of halogens is 4. The number of aromatic nitrogens is 2. The summed E-state index contributed by atoms with van der Waals surface area (Å²) in [6.45, 7) is 1.26. The summed E-state index contributed by atoms with van der Waals surface area (Å²) in [5.74, 6) is -1.30. The summed E-state index contributed by atoms with van der Waals surface area (Å²) in [7, 11) is 2.80. The predicted octanol–water partition coefficient (Wildman–Crippen LogP) is 1.19. The molecule has 0 aliphatic carbocycles. The van der Waals surface area contributed by atoms with Gasteiger partial charge in [-0.3, -0.25) is 4.79 Å². The number of carbonyl (C=O) groups is 1. The summed E-state index contributed by atoms with van der Waals surface area (Å²) in [5, 5.41) is 3.20. The van der Waals surface area contributed by atoms with Gasteiger partial charge in [0.05, 0.1) is 5.69 Å². The van der Waals surface area contributed by atoms with E-state index in [2.05, 4.69) is 15.3 Å². The van der Waals surface area contributed by atoms with Crippen LogP contribution in [0.5, 0.6) is 0 Å². The molecule has 1 N–H and O–H groups in total. The van der Waals surface area contributed by atoms with E-state index in [1.807, 2.05) is 0 Å². The topological polar surface area (TPSA) is 61.4 Å². The van der Waals surface area contributed by atoms with Crippen LogP contribution in [0.3, 0.4) is 0 Å². The highest BCUT2D eigenvalue weighted by molar-refractivity contribution is 6.28. The smallest absolute Gasteiger partial charge is 0.357 e. The van der Waals surface area contributed by atoms with E-state index in [-0.39, 0.29) is 18.4 Å². The molecule has 22 heavy (non-hydrogen) atoms. The summed E-state index contributed by atoms with van der Waals surface area (Å²) in [4.78, 5) is 21.6. The zero-order valence-electron chi connectivity index (χ0n) is 12.0. The van der Waals surface area contributed by atoms with Crippen molar-refractivity contribution in [3.8, 4) is 0 Å². The Bertz CT molecular complexity index is 581. The van der Waals surface area contributed by atoms with Crippen LogP contribution in [0.15, 0.2) is 0 Å². The molecular formula is C12H15ClF3N5O. The molecule has 0 radical (unpaired) electrons. The second-order valence-electron chi connectivity index (χ2n) is 4.99.